The van der Waals surface area contributed by atoms with Gasteiger partial charge < -0.3 is 0 Å². The average molecular weight is 363 g/mol. The zero-order valence-electron chi connectivity index (χ0n) is 18.0. The highest BCUT2D eigenvalue weighted by molar-refractivity contribution is 6.90. The van der Waals surface area contributed by atoms with Crippen LogP contribution in [0, 0.1) is 35.1 Å². The van der Waals surface area contributed by atoms with Crippen molar-refractivity contribution >= 4 is 8.07 Å². The first-order valence-corrected chi connectivity index (χ1v) is 11.9. The zero-order valence-corrected chi connectivity index (χ0v) is 19.0. The van der Waals surface area contributed by atoms with E-state index in [1.807, 2.05) is 0 Å². The molecule has 0 saturated carbocycles. The molecule has 1 aromatic rings. The summed E-state index contributed by atoms with van der Waals surface area (Å²) in [4.78, 5) is 0. The average Bonchev–Trinajstić information content (AvgIpc) is 2.52. The maximum atomic E-state index is 3.60. The zero-order chi connectivity index (χ0) is 20.0. The lowest BCUT2D eigenvalue weighted by Crippen LogP contribution is -2.43. The Bertz CT molecular complexity index is 745. The third-order valence-corrected chi connectivity index (χ3v) is 11.6. The molecule has 0 amide bonds. The number of rotatable bonds is 3. The molecular weight excluding hydrogens is 328 g/mol. The molecule has 0 aliphatic rings. The molecule has 0 N–H and O–H groups in total. The van der Waals surface area contributed by atoms with Gasteiger partial charge in [-0.15, -0.1) is 5.54 Å². The number of hydrogen-bond acceptors (Lipinski definition) is 0. The monoisotopic (exact) mass is 362 g/mol. The number of hydrogen-bond donors (Lipinski definition) is 0. The first kappa shape index (κ1) is 22.2. The van der Waals surface area contributed by atoms with Gasteiger partial charge in [-0.2, -0.15) is 0 Å². The first-order chi connectivity index (χ1) is 12.0. The first-order valence-electron chi connectivity index (χ1n) is 9.65. The highest BCUT2D eigenvalue weighted by Gasteiger charge is 2.41. The van der Waals surface area contributed by atoms with Crippen molar-refractivity contribution in [3.8, 4) is 35.1 Å². The van der Waals surface area contributed by atoms with Crippen LogP contribution in [-0.2, 0) is 5.41 Å². The van der Waals surface area contributed by atoms with Gasteiger partial charge >= 0.3 is 0 Å². The van der Waals surface area contributed by atoms with E-state index in [9.17, 15) is 0 Å². The van der Waals surface area contributed by atoms with Crippen molar-refractivity contribution in [3.05, 3.63) is 35.4 Å². The van der Waals surface area contributed by atoms with E-state index in [1.54, 1.807) is 0 Å². The molecule has 0 radical (unpaired) electrons. The summed E-state index contributed by atoms with van der Waals surface area (Å²) in [6.07, 6.45) is 0. The smallest absolute Gasteiger partial charge is 0.116 e. The molecule has 0 fully saturated rings. The molecule has 138 valence electrons. The van der Waals surface area contributed by atoms with Crippen molar-refractivity contribution in [1.29, 1.82) is 0 Å². The summed E-state index contributed by atoms with van der Waals surface area (Å²) in [5, 5.41) is 0. The SMILES string of the molecule is CC(C)[Si](C#CC#CC#Cc1ccc(C(C)(C)C)cc1)(C(C)C)C(C)C. The van der Waals surface area contributed by atoms with Crippen molar-refractivity contribution in [2.45, 2.75) is 84.4 Å². The predicted molar refractivity (Wildman–Crippen MR) is 119 cm³/mol. The summed E-state index contributed by atoms with van der Waals surface area (Å²) in [7, 11) is -1.69. The lowest BCUT2D eigenvalue weighted by atomic mass is 9.87. The van der Waals surface area contributed by atoms with Gasteiger partial charge in [-0.3, -0.25) is 0 Å². The van der Waals surface area contributed by atoms with Crippen LogP contribution in [0.3, 0.4) is 0 Å². The van der Waals surface area contributed by atoms with Crippen LogP contribution in [0.25, 0.3) is 0 Å². The summed E-state index contributed by atoms with van der Waals surface area (Å²) in [6, 6.07) is 8.42. The van der Waals surface area contributed by atoms with E-state index in [2.05, 4.69) is 122 Å². The van der Waals surface area contributed by atoms with E-state index in [-0.39, 0.29) is 5.41 Å². The van der Waals surface area contributed by atoms with Gasteiger partial charge in [0.2, 0.25) is 0 Å². The van der Waals surface area contributed by atoms with Gasteiger partial charge in [0.15, 0.2) is 0 Å². The van der Waals surface area contributed by atoms with Crippen molar-refractivity contribution in [2.75, 3.05) is 0 Å². The molecule has 0 aliphatic carbocycles. The van der Waals surface area contributed by atoms with Crippen LogP contribution < -0.4 is 0 Å². The largest absolute Gasteiger partial charge is 0.147 e. The molecule has 0 saturated heterocycles. The summed E-state index contributed by atoms with van der Waals surface area (Å²) < 4.78 is 0. The van der Waals surface area contributed by atoms with Gasteiger partial charge in [0.1, 0.15) is 8.07 Å². The predicted octanol–water partition coefficient (Wildman–Crippen LogP) is 6.56. The molecule has 0 unspecified atom stereocenters. The highest BCUT2D eigenvalue weighted by atomic mass is 28.3. The van der Waals surface area contributed by atoms with Gasteiger partial charge in [-0.25, -0.2) is 0 Å². The molecule has 1 rings (SSSR count). The fraction of sp³-hybridized carbons (Fsp3) is 0.520. The Morgan fingerprint density at radius 2 is 1.15 bits per heavy atom. The van der Waals surface area contributed by atoms with Crippen molar-refractivity contribution in [1.82, 2.24) is 0 Å². The minimum Gasteiger partial charge on any atom is -0.116 e. The summed E-state index contributed by atoms with van der Waals surface area (Å²) in [5.74, 6) is 15.0. The molecular formula is C25H34Si. The molecule has 0 spiro atoms. The summed E-state index contributed by atoms with van der Waals surface area (Å²) >= 11 is 0. The topological polar surface area (TPSA) is 0 Å². The molecule has 0 heterocycles. The third-order valence-electron chi connectivity index (χ3n) is 5.29. The van der Waals surface area contributed by atoms with Crippen molar-refractivity contribution < 1.29 is 0 Å². The molecule has 26 heavy (non-hydrogen) atoms. The van der Waals surface area contributed by atoms with E-state index in [1.165, 1.54) is 5.56 Å². The summed E-state index contributed by atoms with van der Waals surface area (Å²) in [6.45, 7) is 20.5. The third kappa shape index (κ3) is 5.56. The summed E-state index contributed by atoms with van der Waals surface area (Å²) in [5.41, 5.74) is 7.97. The standard InChI is InChI=1S/C25H34Si/c1-20(2)26(21(3)4,22(5)6)19-13-11-10-12-14-23-15-17-24(18-16-23)25(7,8)9/h15-18,20-22H,1-9H3. The quantitative estimate of drug-likeness (QED) is 0.422. The Hall–Kier alpha value is -1.88. The Morgan fingerprint density at radius 3 is 1.58 bits per heavy atom. The van der Waals surface area contributed by atoms with Gasteiger partial charge in [0.05, 0.1) is 0 Å². The molecule has 0 aliphatic heterocycles. The van der Waals surface area contributed by atoms with Crippen LogP contribution in [0.1, 0.15) is 73.4 Å². The van der Waals surface area contributed by atoms with Crippen LogP contribution in [0.4, 0.5) is 0 Å². The molecule has 1 aromatic carbocycles. The van der Waals surface area contributed by atoms with Crippen LogP contribution in [0.15, 0.2) is 24.3 Å². The Balaban J connectivity index is 2.95. The normalized spacial score (nSPS) is 11.4. The Kier molecular flexibility index (Phi) is 7.81. The van der Waals surface area contributed by atoms with E-state index in [0.29, 0.717) is 16.6 Å². The van der Waals surface area contributed by atoms with E-state index in [4.69, 9.17) is 0 Å². The molecule has 0 atom stereocenters. The van der Waals surface area contributed by atoms with Gasteiger partial charge in [-0.05, 0) is 63.4 Å². The molecule has 0 nitrogen and oxygen atoms in total. The van der Waals surface area contributed by atoms with Crippen LogP contribution >= 0.6 is 0 Å². The molecule has 0 aromatic heterocycles. The maximum Gasteiger partial charge on any atom is 0.147 e. The second-order valence-electron chi connectivity index (χ2n) is 8.97. The second-order valence-corrected chi connectivity index (χ2v) is 14.6. The molecule has 0 bridgehead atoms. The lowest BCUT2D eigenvalue weighted by molar-refractivity contribution is 0.590. The van der Waals surface area contributed by atoms with E-state index >= 15 is 0 Å². The van der Waals surface area contributed by atoms with E-state index < -0.39 is 8.07 Å². The Morgan fingerprint density at radius 1 is 0.692 bits per heavy atom. The maximum absolute atomic E-state index is 3.60. The van der Waals surface area contributed by atoms with Gasteiger partial charge in [-0.1, -0.05) is 80.4 Å². The van der Waals surface area contributed by atoms with Crippen LogP contribution in [0.2, 0.25) is 16.6 Å². The fourth-order valence-corrected chi connectivity index (χ4v) is 8.94. The van der Waals surface area contributed by atoms with Gasteiger partial charge in [0.25, 0.3) is 0 Å². The number of benzene rings is 1. The second kappa shape index (κ2) is 9.17. The van der Waals surface area contributed by atoms with Crippen molar-refractivity contribution in [2.24, 2.45) is 0 Å². The highest BCUT2D eigenvalue weighted by Crippen LogP contribution is 2.40. The lowest BCUT2D eigenvalue weighted by Gasteiger charge is -2.37. The van der Waals surface area contributed by atoms with Crippen LogP contribution in [0.5, 0.6) is 0 Å². The Labute approximate surface area is 163 Å². The minimum atomic E-state index is -1.69. The fourth-order valence-electron chi connectivity index (χ4n) is 3.79. The van der Waals surface area contributed by atoms with Gasteiger partial charge in [0, 0.05) is 5.56 Å². The van der Waals surface area contributed by atoms with Crippen LogP contribution in [-0.4, -0.2) is 8.07 Å². The van der Waals surface area contributed by atoms with E-state index in [0.717, 1.165) is 5.56 Å². The minimum absolute atomic E-state index is 0.168. The molecule has 1 heteroatoms. The van der Waals surface area contributed by atoms with Crippen molar-refractivity contribution in [3.63, 3.8) is 0 Å².